The van der Waals surface area contributed by atoms with Gasteiger partial charge in [0.15, 0.2) is 0 Å². The molecule has 0 fully saturated rings. The number of furan rings is 1. The molecular weight excluding hydrogens is 993 g/mol. The van der Waals surface area contributed by atoms with E-state index in [-0.39, 0.29) is 21.7 Å². The molecule has 82 heavy (non-hydrogen) atoms. The average Bonchev–Trinajstić information content (AvgIpc) is 1.65. The molecule has 0 aliphatic heterocycles. The van der Waals surface area contributed by atoms with Gasteiger partial charge in [-0.3, -0.25) is 0 Å². The number of fused-ring (bicyclic) bond motifs is 16. The molecule has 3 nitrogen and oxygen atoms in total. The van der Waals surface area contributed by atoms with E-state index in [9.17, 15) is 0 Å². The second-order valence-electron chi connectivity index (χ2n) is 27.4. The number of benzene rings is 11. The fraction of sp³-hybridized carbons (Fsp3) is 0.215. The van der Waals surface area contributed by atoms with Gasteiger partial charge in [-0.15, -0.1) is 0 Å². The summed E-state index contributed by atoms with van der Waals surface area (Å²) in [6.07, 6.45) is 0. The zero-order valence-corrected chi connectivity index (χ0v) is 49.6. The molecule has 3 heteroatoms. The highest BCUT2D eigenvalue weighted by Crippen LogP contribution is 2.66. The van der Waals surface area contributed by atoms with E-state index in [0.29, 0.717) is 0 Å². The van der Waals surface area contributed by atoms with Crippen LogP contribution in [0.3, 0.4) is 0 Å². The third kappa shape index (κ3) is 8.05. The van der Waals surface area contributed by atoms with Gasteiger partial charge >= 0.3 is 0 Å². The SMILES string of the molecule is CC(C)(C)c1ccc(N(c2ccc(C(C)(C)C)cc2)c2ccc3cc4c(cc3c2)C2(c3ccccc3-c3ccccc32)c2cc(N(c3ccc(C(C)(C)C)cc3)c3ccc(C(C)(C)C)cc3)c3cc5c(cc3c2-4)oc2ccccc25)cc1. The largest absolute Gasteiger partial charge is 0.456 e. The average molecular weight is 1070 g/mol. The molecule has 0 saturated carbocycles. The lowest BCUT2D eigenvalue weighted by atomic mass is 9.70. The molecule has 0 saturated heterocycles. The van der Waals surface area contributed by atoms with Crippen molar-refractivity contribution in [2.45, 2.75) is 110 Å². The minimum absolute atomic E-state index is 0.00860. The molecule has 1 aromatic heterocycles. The second-order valence-corrected chi connectivity index (χ2v) is 27.4. The van der Waals surface area contributed by atoms with Crippen LogP contribution in [0.4, 0.5) is 34.1 Å². The fourth-order valence-corrected chi connectivity index (χ4v) is 13.6. The predicted octanol–water partition coefficient (Wildman–Crippen LogP) is 22.4. The molecule has 2 aliphatic carbocycles. The maximum absolute atomic E-state index is 6.90. The van der Waals surface area contributed by atoms with Crippen LogP contribution in [0.2, 0.25) is 0 Å². The smallest absolute Gasteiger partial charge is 0.136 e. The molecule has 12 aromatic rings. The molecule has 0 radical (unpaired) electrons. The van der Waals surface area contributed by atoms with Crippen molar-refractivity contribution in [2.24, 2.45) is 0 Å². The fourth-order valence-electron chi connectivity index (χ4n) is 13.6. The molecule has 11 aromatic carbocycles. The Morgan fingerprint density at radius 3 is 1.24 bits per heavy atom. The Labute approximate surface area is 484 Å². The van der Waals surface area contributed by atoms with E-state index in [0.717, 1.165) is 56.1 Å². The summed E-state index contributed by atoms with van der Waals surface area (Å²) in [5, 5.41) is 6.94. The maximum Gasteiger partial charge on any atom is 0.136 e. The first-order valence-electron chi connectivity index (χ1n) is 29.4. The van der Waals surface area contributed by atoms with Gasteiger partial charge in [-0.1, -0.05) is 204 Å². The molecule has 0 atom stereocenters. The summed E-state index contributed by atoms with van der Waals surface area (Å²) in [6.45, 7) is 27.5. The number of rotatable bonds is 6. The van der Waals surface area contributed by atoms with Crippen molar-refractivity contribution in [2.75, 3.05) is 9.80 Å². The molecule has 2 aliphatic rings. The van der Waals surface area contributed by atoms with Gasteiger partial charge in [0.1, 0.15) is 11.2 Å². The van der Waals surface area contributed by atoms with Gasteiger partial charge < -0.3 is 14.2 Å². The molecule has 0 amide bonds. The van der Waals surface area contributed by atoms with E-state index in [1.54, 1.807) is 0 Å². The first kappa shape index (κ1) is 51.5. The van der Waals surface area contributed by atoms with Crippen LogP contribution < -0.4 is 9.80 Å². The van der Waals surface area contributed by atoms with Crippen LogP contribution >= 0.6 is 0 Å². The van der Waals surface area contributed by atoms with E-state index < -0.39 is 5.41 Å². The Balaban J connectivity index is 1.08. The zero-order chi connectivity index (χ0) is 56.8. The van der Waals surface area contributed by atoms with Gasteiger partial charge in [-0.25, -0.2) is 0 Å². The number of hydrogen-bond acceptors (Lipinski definition) is 3. The van der Waals surface area contributed by atoms with E-state index in [2.05, 4.69) is 311 Å². The van der Waals surface area contributed by atoms with Gasteiger partial charge in [0, 0.05) is 44.6 Å². The lowest BCUT2D eigenvalue weighted by molar-refractivity contribution is 0.590. The molecular formula is C79H72N2O. The van der Waals surface area contributed by atoms with Crippen molar-refractivity contribution in [3.8, 4) is 22.3 Å². The third-order valence-corrected chi connectivity index (χ3v) is 18.1. The van der Waals surface area contributed by atoms with Crippen LogP contribution in [0.15, 0.2) is 223 Å². The minimum atomic E-state index is -0.670. The van der Waals surface area contributed by atoms with E-state index >= 15 is 0 Å². The van der Waals surface area contributed by atoms with Crippen molar-refractivity contribution in [1.29, 1.82) is 0 Å². The zero-order valence-electron chi connectivity index (χ0n) is 49.6. The van der Waals surface area contributed by atoms with Crippen molar-refractivity contribution < 1.29 is 4.42 Å². The Morgan fingerprint density at radius 2 is 0.744 bits per heavy atom. The molecule has 0 unspecified atom stereocenters. The first-order valence-corrected chi connectivity index (χ1v) is 29.4. The van der Waals surface area contributed by atoms with Crippen LogP contribution in [0.25, 0.3) is 65.7 Å². The summed E-state index contributed by atoms with van der Waals surface area (Å²) < 4.78 is 6.90. The normalized spacial score (nSPS) is 13.7. The van der Waals surface area contributed by atoms with Crippen molar-refractivity contribution in [1.82, 2.24) is 0 Å². The number of nitrogens with zero attached hydrogens (tertiary/aromatic N) is 2. The molecule has 14 rings (SSSR count). The quantitative estimate of drug-likeness (QED) is 0.165. The van der Waals surface area contributed by atoms with Gasteiger partial charge in [0.2, 0.25) is 0 Å². The monoisotopic (exact) mass is 1060 g/mol. The Bertz CT molecular complexity index is 4350. The minimum Gasteiger partial charge on any atom is -0.456 e. The van der Waals surface area contributed by atoms with Gasteiger partial charge in [0.25, 0.3) is 0 Å². The van der Waals surface area contributed by atoms with Crippen LogP contribution in [-0.4, -0.2) is 0 Å². The first-order chi connectivity index (χ1) is 39.2. The lowest BCUT2D eigenvalue weighted by Gasteiger charge is -2.33. The second kappa shape index (κ2) is 18.2. The van der Waals surface area contributed by atoms with E-state index in [1.807, 2.05) is 0 Å². The van der Waals surface area contributed by atoms with Gasteiger partial charge in [0.05, 0.1) is 11.1 Å². The van der Waals surface area contributed by atoms with Crippen LogP contribution in [-0.2, 0) is 27.1 Å². The third-order valence-electron chi connectivity index (χ3n) is 18.1. The maximum atomic E-state index is 6.90. The van der Waals surface area contributed by atoms with Gasteiger partial charge in [-0.2, -0.15) is 0 Å². The van der Waals surface area contributed by atoms with E-state index in [1.165, 1.54) is 88.3 Å². The summed E-state index contributed by atoms with van der Waals surface area (Å²) in [5.74, 6) is 0. The van der Waals surface area contributed by atoms with Crippen LogP contribution in [0.1, 0.15) is 128 Å². The highest BCUT2D eigenvalue weighted by atomic mass is 16.3. The summed E-state index contributed by atoms with van der Waals surface area (Å²) in [4.78, 5) is 4.96. The highest BCUT2D eigenvalue weighted by Gasteiger charge is 2.53. The molecule has 404 valence electrons. The Hall–Kier alpha value is -8.66. The Kier molecular flexibility index (Phi) is 11.4. The molecule has 1 spiro atoms. The highest BCUT2D eigenvalue weighted by molar-refractivity contribution is 6.19. The molecule has 0 bridgehead atoms. The summed E-state index contributed by atoms with van der Waals surface area (Å²) in [5.41, 5.74) is 23.3. The van der Waals surface area contributed by atoms with Crippen LogP contribution in [0.5, 0.6) is 0 Å². The van der Waals surface area contributed by atoms with Crippen LogP contribution in [0, 0.1) is 0 Å². The van der Waals surface area contributed by atoms with Crippen molar-refractivity contribution >= 4 is 77.6 Å². The topological polar surface area (TPSA) is 19.6 Å². The van der Waals surface area contributed by atoms with Crippen molar-refractivity contribution in [3.05, 3.63) is 263 Å². The Morgan fingerprint density at radius 1 is 0.293 bits per heavy atom. The predicted molar refractivity (Wildman–Crippen MR) is 349 cm³/mol. The number of hydrogen-bond donors (Lipinski definition) is 0. The summed E-state index contributed by atoms with van der Waals surface area (Å²) in [6, 6.07) is 83.5. The standard InChI is InChI=1S/C79H72N2O/c1-75(2,3)51-26-35-55(36-27-51)80(56-37-28-52(29-38-56)76(4,5)6)59-34-25-49-44-66-69(45-50(49)43-59)79(67-22-16-13-19-60(67)61-20-14-17-23-68(61)79)70-48-71(63-46-64-62-21-15-18-24-72(62)82-73(64)47-65(63)74(66)70)81(57-39-30-53(31-40-57)77(7,8)9)58-41-32-54(33-42-58)78(10,11)12/h13-48H,1-12H3. The summed E-state index contributed by atoms with van der Waals surface area (Å²) >= 11 is 0. The molecule has 0 N–H and O–H groups in total. The lowest BCUT2D eigenvalue weighted by Crippen LogP contribution is -2.26. The van der Waals surface area contributed by atoms with Crippen molar-refractivity contribution in [3.63, 3.8) is 0 Å². The van der Waals surface area contributed by atoms with Gasteiger partial charge in [-0.05, 0) is 202 Å². The number of anilines is 6. The number of para-hydroxylation sites is 1. The summed E-state index contributed by atoms with van der Waals surface area (Å²) in [7, 11) is 0. The van der Waals surface area contributed by atoms with E-state index in [4.69, 9.17) is 4.42 Å². The molecule has 1 heterocycles.